The highest BCUT2D eigenvalue weighted by molar-refractivity contribution is 6.05. The van der Waals surface area contributed by atoms with Gasteiger partial charge in [0.1, 0.15) is 5.82 Å². The molecule has 4 nitrogen and oxygen atoms in total. The van der Waals surface area contributed by atoms with Gasteiger partial charge in [-0.1, -0.05) is 32.0 Å². The first kappa shape index (κ1) is 17.7. The first-order chi connectivity index (χ1) is 11.5. The van der Waals surface area contributed by atoms with E-state index in [9.17, 15) is 14.0 Å². The van der Waals surface area contributed by atoms with Crippen LogP contribution >= 0.6 is 0 Å². The van der Waals surface area contributed by atoms with E-state index in [0.29, 0.717) is 11.3 Å². The van der Waals surface area contributed by atoms with Gasteiger partial charge in [0.25, 0.3) is 5.91 Å². The molecule has 0 fully saturated rings. The van der Waals surface area contributed by atoms with Crippen LogP contribution in [0.15, 0.2) is 48.5 Å². The van der Waals surface area contributed by atoms with Crippen LogP contribution in [0.2, 0.25) is 0 Å². The molecule has 0 saturated heterocycles. The number of nitrogens with one attached hydrogen (secondary N) is 2. The van der Waals surface area contributed by atoms with E-state index in [2.05, 4.69) is 10.6 Å². The van der Waals surface area contributed by atoms with Gasteiger partial charge in [-0.15, -0.1) is 0 Å². The Bertz CT molecular complexity index is 727. The lowest BCUT2D eigenvalue weighted by atomic mass is 10.0. The maximum absolute atomic E-state index is 13.6. The first-order valence-corrected chi connectivity index (χ1v) is 8.02. The second-order valence-corrected chi connectivity index (χ2v) is 5.52. The zero-order chi connectivity index (χ0) is 17.5. The van der Waals surface area contributed by atoms with Crippen molar-refractivity contribution in [3.05, 3.63) is 59.9 Å². The maximum Gasteiger partial charge on any atom is 0.255 e. The van der Waals surface area contributed by atoms with Crippen LogP contribution in [-0.4, -0.2) is 11.8 Å². The van der Waals surface area contributed by atoms with E-state index in [1.165, 1.54) is 12.1 Å². The van der Waals surface area contributed by atoms with E-state index in [1.807, 2.05) is 13.8 Å². The third kappa shape index (κ3) is 4.41. The molecule has 0 unspecified atom stereocenters. The minimum atomic E-state index is -0.496. The Balaban J connectivity index is 2.11. The molecule has 126 valence electrons. The molecule has 2 N–H and O–H groups in total. The van der Waals surface area contributed by atoms with Crippen molar-refractivity contribution in [2.45, 2.75) is 26.7 Å². The Labute approximate surface area is 141 Å². The van der Waals surface area contributed by atoms with Crippen LogP contribution in [0.25, 0.3) is 0 Å². The fraction of sp³-hybridized carbons (Fsp3) is 0.263. The molecule has 0 spiro atoms. The molecule has 2 rings (SSSR count). The highest BCUT2D eigenvalue weighted by Crippen LogP contribution is 2.17. The van der Waals surface area contributed by atoms with Crippen LogP contribution in [0.1, 0.15) is 37.0 Å². The summed E-state index contributed by atoms with van der Waals surface area (Å²) in [6.45, 7) is 3.93. The number of amides is 2. The van der Waals surface area contributed by atoms with Gasteiger partial charge in [0, 0.05) is 17.2 Å². The Hall–Kier alpha value is -2.69. The average Bonchev–Trinajstić information content (AvgIpc) is 2.58. The van der Waals surface area contributed by atoms with Crippen LogP contribution in [0.4, 0.5) is 15.8 Å². The summed E-state index contributed by atoms with van der Waals surface area (Å²) in [6, 6.07) is 12.6. The third-order valence-corrected chi connectivity index (χ3v) is 3.87. The SMILES string of the molecule is CCC(CC)C(=O)Nc1cccc(C(=O)Nc2ccccc2F)c1. The maximum atomic E-state index is 13.6. The van der Waals surface area contributed by atoms with Crippen molar-refractivity contribution in [3.8, 4) is 0 Å². The Morgan fingerprint density at radius 1 is 1.00 bits per heavy atom. The van der Waals surface area contributed by atoms with Gasteiger partial charge < -0.3 is 10.6 Å². The van der Waals surface area contributed by atoms with Gasteiger partial charge in [0.15, 0.2) is 0 Å². The lowest BCUT2D eigenvalue weighted by Gasteiger charge is -2.13. The zero-order valence-corrected chi connectivity index (χ0v) is 13.8. The van der Waals surface area contributed by atoms with Crippen molar-refractivity contribution in [2.75, 3.05) is 10.6 Å². The number of carbonyl (C=O) groups excluding carboxylic acids is 2. The molecule has 0 bridgehead atoms. The number of benzene rings is 2. The summed E-state index contributed by atoms with van der Waals surface area (Å²) in [4.78, 5) is 24.4. The average molecular weight is 328 g/mol. The van der Waals surface area contributed by atoms with E-state index >= 15 is 0 Å². The van der Waals surface area contributed by atoms with E-state index < -0.39 is 11.7 Å². The Morgan fingerprint density at radius 2 is 1.71 bits per heavy atom. The zero-order valence-electron chi connectivity index (χ0n) is 13.8. The summed E-state index contributed by atoms with van der Waals surface area (Å²) in [7, 11) is 0. The quantitative estimate of drug-likeness (QED) is 0.823. The van der Waals surface area contributed by atoms with E-state index in [1.54, 1.807) is 36.4 Å². The number of hydrogen-bond donors (Lipinski definition) is 2. The molecule has 0 saturated carbocycles. The lowest BCUT2D eigenvalue weighted by Crippen LogP contribution is -2.22. The van der Waals surface area contributed by atoms with Gasteiger partial charge in [-0.2, -0.15) is 0 Å². The summed E-state index contributed by atoms with van der Waals surface area (Å²) in [5, 5.41) is 5.35. The smallest absolute Gasteiger partial charge is 0.255 e. The molecule has 0 aliphatic carbocycles. The number of anilines is 2. The topological polar surface area (TPSA) is 58.2 Å². The van der Waals surface area contributed by atoms with Gasteiger partial charge in [-0.05, 0) is 43.2 Å². The molecular formula is C19H21FN2O2. The summed E-state index contributed by atoms with van der Waals surface area (Å²) in [5.41, 5.74) is 1.02. The van der Waals surface area contributed by atoms with Crippen molar-refractivity contribution >= 4 is 23.2 Å². The number of halogens is 1. The molecule has 0 radical (unpaired) electrons. The predicted octanol–water partition coefficient (Wildman–Crippen LogP) is 4.45. The minimum absolute atomic E-state index is 0.0547. The molecule has 2 aromatic carbocycles. The van der Waals surface area contributed by atoms with Crippen molar-refractivity contribution in [3.63, 3.8) is 0 Å². The van der Waals surface area contributed by atoms with Gasteiger partial charge in [-0.25, -0.2) is 4.39 Å². The molecule has 0 aliphatic heterocycles. The predicted molar refractivity (Wildman–Crippen MR) is 93.5 cm³/mol. The molecule has 0 heterocycles. The van der Waals surface area contributed by atoms with Gasteiger partial charge in [0.05, 0.1) is 5.69 Å². The summed E-state index contributed by atoms with van der Waals surface area (Å²) in [5.74, 6) is -1.05. The number of para-hydroxylation sites is 1. The summed E-state index contributed by atoms with van der Waals surface area (Å²) >= 11 is 0. The standard InChI is InChI=1S/C19H21FN2O2/c1-3-13(4-2)18(23)21-15-9-7-8-14(12-15)19(24)22-17-11-6-5-10-16(17)20/h5-13H,3-4H2,1-2H3,(H,21,23)(H,22,24). The summed E-state index contributed by atoms with van der Waals surface area (Å²) < 4.78 is 13.6. The minimum Gasteiger partial charge on any atom is -0.326 e. The Morgan fingerprint density at radius 3 is 2.38 bits per heavy atom. The molecule has 2 amide bonds. The van der Waals surface area contributed by atoms with Gasteiger partial charge in [0.2, 0.25) is 5.91 Å². The van der Waals surface area contributed by atoms with Crippen molar-refractivity contribution < 1.29 is 14.0 Å². The molecule has 0 atom stereocenters. The molecule has 0 aliphatic rings. The van der Waals surface area contributed by atoms with Crippen molar-refractivity contribution in [1.29, 1.82) is 0 Å². The monoisotopic (exact) mass is 328 g/mol. The first-order valence-electron chi connectivity index (χ1n) is 8.02. The fourth-order valence-corrected chi connectivity index (χ4v) is 2.40. The van der Waals surface area contributed by atoms with Crippen molar-refractivity contribution in [1.82, 2.24) is 0 Å². The molecule has 24 heavy (non-hydrogen) atoms. The van der Waals surface area contributed by atoms with E-state index in [-0.39, 0.29) is 17.5 Å². The van der Waals surface area contributed by atoms with E-state index in [0.717, 1.165) is 12.8 Å². The van der Waals surface area contributed by atoms with Crippen LogP contribution in [0, 0.1) is 11.7 Å². The van der Waals surface area contributed by atoms with Gasteiger partial charge >= 0.3 is 0 Å². The Kier molecular flexibility index (Phi) is 6.07. The third-order valence-electron chi connectivity index (χ3n) is 3.87. The molecule has 5 heteroatoms. The highest BCUT2D eigenvalue weighted by Gasteiger charge is 2.15. The fourth-order valence-electron chi connectivity index (χ4n) is 2.40. The second-order valence-electron chi connectivity index (χ2n) is 5.52. The van der Waals surface area contributed by atoms with Crippen LogP contribution < -0.4 is 10.6 Å². The van der Waals surface area contributed by atoms with Crippen molar-refractivity contribution in [2.24, 2.45) is 5.92 Å². The second kappa shape index (κ2) is 8.24. The molecular weight excluding hydrogens is 307 g/mol. The summed E-state index contributed by atoms with van der Waals surface area (Å²) in [6.07, 6.45) is 1.52. The van der Waals surface area contributed by atoms with E-state index in [4.69, 9.17) is 0 Å². The molecule has 2 aromatic rings. The number of hydrogen-bond acceptors (Lipinski definition) is 2. The highest BCUT2D eigenvalue weighted by atomic mass is 19.1. The molecule has 0 aromatic heterocycles. The number of rotatable bonds is 6. The van der Waals surface area contributed by atoms with Crippen LogP contribution in [0.3, 0.4) is 0 Å². The van der Waals surface area contributed by atoms with Gasteiger partial charge in [-0.3, -0.25) is 9.59 Å². The number of carbonyl (C=O) groups is 2. The normalized spacial score (nSPS) is 10.5. The largest absolute Gasteiger partial charge is 0.326 e. The van der Waals surface area contributed by atoms with Crippen LogP contribution in [-0.2, 0) is 4.79 Å². The lowest BCUT2D eigenvalue weighted by molar-refractivity contribution is -0.120. The van der Waals surface area contributed by atoms with Crippen LogP contribution in [0.5, 0.6) is 0 Å².